The third-order valence-electron chi connectivity index (χ3n) is 5.30. The van der Waals surface area contributed by atoms with Gasteiger partial charge in [0.15, 0.2) is 0 Å². The van der Waals surface area contributed by atoms with Gasteiger partial charge in [0, 0.05) is 0 Å². The normalized spacial score (nSPS) is 12.0. The van der Waals surface area contributed by atoms with Gasteiger partial charge in [-0.05, 0) is 0 Å². The molecule has 0 N–H and O–H groups in total. The molecule has 0 saturated heterocycles. The number of rotatable bonds is 19. The molecule has 0 bridgehead atoms. The van der Waals surface area contributed by atoms with Crippen LogP contribution in [0.25, 0.3) is 0 Å². The molecule has 0 aromatic carbocycles. The van der Waals surface area contributed by atoms with Crippen molar-refractivity contribution in [1.29, 1.82) is 0 Å². The summed E-state index contributed by atoms with van der Waals surface area (Å²) in [4.78, 5) is 0. The van der Waals surface area contributed by atoms with Gasteiger partial charge in [-0.1, -0.05) is 0 Å². The Hall–Kier alpha value is 0.759. The summed E-state index contributed by atoms with van der Waals surface area (Å²) in [5.74, 6) is 0. The molecular formula is C22H48OSn. The first kappa shape index (κ1) is 24.8. The second kappa shape index (κ2) is 18.5. The van der Waals surface area contributed by atoms with E-state index in [0.29, 0.717) is 0 Å². The van der Waals surface area contributed by atoms with Gasteiger partial charge in [0.2, 0.25) is 0 Å². The van der Waals surface area contributed by atoms with Crippen LogP contribution in [-0.2, 0) is 3.07 Å². The molecule has 0 rings (SSSR count). The molecule has 0 unspecified atom stereocenters. The number of unbranched alkanes of at least 4 members (excludes halogenated alkanes) is 10. The van der Waals surface area contributed by atoms with Crippen LogP contribution in [0.4, 0.5) is 0 Å². The van der Waals surface area contributed by atoms with Crippen molar-refractivity contribution in [3.8, 4) is 0 Å². The van der Waals surface area contributed by atoms with E-state index in [-0.39, 0.29) is 0 Å². The third kappa shape index (κ3) is 14.0. The Morgan fingerprint density at radius 3 is 1.42 bits per heavy atom. The van der Waals surface area contributed by atoms with Gasteiger partial charge in [-0.15, -0.1) is 0 Å². The first-order valence-corrected chi connectivity index (χ1v) is 18.6. The molecule has 24 heavy (non-hydrogen) atoms. The third-order valence-corrected chi connectivity index (χ3v) is 19.3. The molecule has 0 fully saturated rings. The first-order chi connectivity index (χ1) is 11.7. The average molecular weight is 447 g/mol. The first-order valence-electron chi connectivity index (χ1n) is 11.4. The second-order valence-corrected chi connectivity index (χ2v) is 19.7. The average Bonchev–Trinajstić information content (AvgIpc) is 2.58. The maximum atomic E-state index is 6.75. The topological polar surface area (TPSA) is 9.23 Å². The molecule has 0 saturated carbocycles. The Bertz CT molecular complexity index is 236. The van der Waals surface area contributed by atoms with E-state index in [4.69, 9.17) is 3.07 Å². The van der Waals surface area contributed by atoms with E-state index < -0.39 is 18.8 Å². The Morgan fingerprint density at radius 1 is 0.458 bits per heavy atom. The summed E-state index contributed by atoms with van der Waals surface area (Å²) in [6, 6.07) is 0. The molecule has 0 aliphatic heterocycles. The van der Waals surface area contributed by atoms with Gasteiger partial charge in [0.05, 0.1) is 0 Å². The molecule has 0 aromatic heterocycles. The molecule has 0 aliphatic carbocycles. The fourth-order valence-electron chi connectivity index (χ4n) is 3.90. The van der Waals surface area contributed by atoms with Crippen LogP contribution in [0.1, 0.15) is 118 Å². The minimum atomic E-state index is -2.27. The van der Waals surface area contributed by atoms with E-state index in [1.807, 2.05) is 0 Å². The van der Waals surface area contributed by atoms with Crippen molar-refractivity contribution in [3.05, 3.63) is 0 Å². The molecule has 0 atom stereocenters. The van der Waals surface area contributed by atoms with Crippen molar-refractivity contribution in [1.82, 2.24) is 0 Å². The Labute approximate surface area is 159 Å². The molecule has 0 heterocycles. The molecular weight excluding hydrogens is 399 g/mol. The molecule has 0 spiro atoms. The van der Waals surface area contributed by atoms with Gasteiger partial charge >= 0.3 is 159 Å². The summed E-state index contributed by atoms with van der Waals surface area (Å²) in [5.41, 5.74) is 0. The summed E-state index contributed by atoms with van der Waals surface area (Å²) in [6.45, 7) is 10.4. The van der Waals surface area contributed by atoms with E-state index in [1.54, 1.807) is 0 Å². The molecule has 0 aromatic rings. The van der Waals surface area contributed by atoms with Gasteiger partial charge in [-0.2, -0.15) is 0 Å². The van der Waals surface area contributed by atoms with Crippen LogP contribution < -0.4 is 0 Å². The van der Waals surface area contributed by atoms with Crippen LogP contribution in [0, 0.1) is 0 Å². The second-order valence-electron chi connectivity index (χ2n) is 7.82. The van der Waals surface area contributed by atoms with Crippen LogP contribution in [0.15, 0.2) is 0 Å². The van der Waals surface area contributed by atoms with E-state index in [2.05, 4.69) is 27.7 Å². The summed E-state index contributed by atoms with van der Waals surface area (Å²) < 4.78 is 11.2. The zero-order chi connectivity index (χ0) is 17.9. The van der Waals surface area contributed by atoms with Gasteiger partial charge in [0.25, 0.3) is 0 Å². The molecule has 0 radical (unpaired) electrons. The van der Waals surface area contributed by atoms with Crippen LogP contribution in [0.3, 0.4) is 0 Å². The predicted molar refractivity (Wildman–Crippen MR) is 113 cm³/mol. The Kier molecular flexibility index (Phi) is 19.1. The van der Waals surface area contributed by atoms with Gasteiger partial charge in [-0.3, -0.25) is 0 Å². The standard InChI is InChI=1S/C8H17O.C8H17.2C3H7.Sn/c1-2-3-4-5-6-7-8-9;1-3-5-7-8-6-4-2;2*1-3-2;/h2-8H2,1H3;1,3-8H2,2H3;2*1,3H2,2H3;/q-1;;;;+1. The van der Waals surface area contributed by atoms with Crippen LogP contribution >= 0.6 is 0 Å². The summed E-state index contributed by atoms with van der Waals surface area (Å²) in [6.07, 6.45) is 19.6. The summed E-state index contributed by atoms with van der Waals surface area (Å²) in [5, 5.41) is 0. The minimum absolute atomic E-state index is 1.08. The van der Waals surface area contributed by atoms with Crippen LogP contribution in [-0.4, -0.2) is 25.4 Å². The van der Waals surface area contributed by atoms with E-state index in [9.17, 15) is 0 Å². The van der Waals surface area contributed by atoms with Crippen molar-refractivity contribution in [2.75, 3.05) is 6.61 Å². The van der Waals surface area contributed by atoms with Crippen molar-refractivity contribution < 1.29 is 3.07 Å². The maximum absolute atomic E-state index is 6.75. The van der Waals surface area contributed by atoms with Crippen molar-refractivity contribution >= 4 is 18.8 Å². The zero-order valence-electron chi connectivity index (χ0n) is 17.6. The fraction of sp³-hybridized carbons (Fsp3) is 1.00. The van der Waals surface area contributed by atoms with Crippen molar-refractivity contribution in [2.45, 2.75) is 131 Å². The van der Waals surface area contributed by atoms with Crippen molar-refractivity contribution in [3.63, 3.8) is 0 Å². The monoisotopic (exact) mass is 448 g/mol. The predicted octanol–water partition coefficient (Wildman–Crippen LogP) is 8.49. The molecule has 2 heteroatoms. The van der Waals surface area contributed by atoms with E-state index >= 15 is 0 Å². The SMILES string of the molecule is CCCCCCCC[O][Sn]([CH2]CC)([CH2]CC)[CH2]CCCCCCC. The molecule has 146 valence electrons. The molecule has 0 amide bonds. The van der Waals surface area contributed by atoms with Gasteiger partial charge < -0.3 is 0 Å². The fourth-order valence-corrected chi connectivity index (χ4v) is 16.7. The Balaban J connectivity index is 4.08. The number of hydrogen-bond acceptors (Lipinski definition) is 1. The van der Waals surface area contributed by atoms with Crippen molar-refractivity contribution in [2.24, 2.45) is 0 Å². The van der Waals surface area contributed by atoms with E-state index in [0.717, 1.165) is 6.61 Å². The van der Waals surface area contributed by atoms with E-state index in [1.165, 1.54) is 103 Å². The molecule has 1 nitrogen and oxygen atoms in total. The van der Waals surface area contributed by atoms with Crippen LogP contribution in [0.5, 0.6) is 0 Å². The summed E-state index contributed by atoms with van der Waals surface area (Å²) >= 11 is -2.27. The molecule has 0 aliphatic rings. The quantitative estimate of drug-likeness (QED) is 0.143. The van der Waals surface area contributed by atoms with Gasteiger partial charge in [-0.25, -0.2) is 0 Å². The van der Waals surface area contributed by atoms with Gasteiger partial charge in [0.1, 0.15) is 0 Å². The number of hydrogen-bond donors (Lipinski definition) is 0. The van der Waals surface area contributed by atoms with Crippen LogP contribution in [0.2, 0.25) is 13.3 Å². The Morgan fingerprint density at radius 2 is 0.917 bits per heavy atom. The zero-order valence-corrected chi connectivity index (χ0v) is 20.5. The summed E-state index contributed by atoms with van der Waals surface area (Å²) in [7, 11) is 0.